The fourth-order valence-electron chi connectivity index (χ4n) is 6.12. The molecule has 21 heteroatoms. The van der Waals surface area contributed by atoms with E-state index >= 15 is 0 Å². The Balaban J connectivity index is 1.67. The number of methoxy groups -OCH3 is 3. The maximum absolute atomic E-state index is 6.18. The van der Waals surface area contributed by atoms with Crippen LogP contribution < -0.4 is 44.4 Å². The van der Waals surface area contributed by atoms with E-state index in [0.717, 1.165) is 19.3 Å². The van der Waals surface area contributed by atoms with E-state index < -0.39 is 0 Å². The van der Waals surface area contributed by atoms with Gasteiger partial charge in [0.15, 0.2) is 34.5 Å². The fourth-order valence-corrected chi connectivity index (χ4v) is 6.12. The normalized spacial score (nSPS) is 11.1. The maximum atomic E-state index is 6.18. The molecule has 0 aliphatic rings. The lowest BCUT2D eigenvalue weighted by Gasteiger charge is -2.17. The number of nitrogens with one attached hydrogen (secondary N) is 3. The second kappa shape index (κ2) is 38.2. The molecule has 0 radical (unpaired) electrons. The predicted octanol–water partition coefficient (Wildman–Crippen LogP) is 7.64. The van der Waals surface area contributed by atoms with Crippen LogP contribution in [0.15, 0.2) is 54.6 Å². The van der Waals surface area contributed by atoms with E-state index in [1.807, 2.05) is 42.5 Å². The molecule has 4 rings (SSSR count). The van der Waals surface area contributed by atoms with Gasteiger partial charge in [-0.2, -0.15) is 15.0 Å². The van der Waals surface area contributed by atoms with Gasteiger partial charge in [-0.1, -0.05) is 20.8 Å². The van der Waals surface area contributed by atoms with E-state index in [-0.39, 0.29) is 31.1 Å². The van der Waals surface area contributed by atoms with Gasteiger partial charge < -0.3 is 87.0 Å². The fraction of sp³-hybridized carbons (Fsp3) is 0.588. The second-order valence-corrected chi connectivity index (χ2v) is 15.4. The Morgan fingerprint density at radius 2 is 0.528 bits per heavy atom. The average Bonchev–Trinajstić information content (AvgIpc) is 3.38. The zero-order valence-electron chi connectivity index (χ0n) is 43.1. The molecular formula is C51H78N6O15. The summed E-state index contributed by atoms with van der Waals surface area (Å²) in [4.78, 5) is 14.4. The molecule has 0 aliphatic carbocycles. The van der Waals surface area contributed by atoms with Gasteiger partial charge in [-0.3, -0.25) is 0 Å². The molecule has 0 fully saturated rings. The van der Waals surface area contributed by atoms with Crippen molar-refractivity contribution in [2.45, 2.75) is 40.0 Å². The Morgan fingerprint density at radius 1 is 0.292 bits per heavy atom. The minimum absolute atomic E-state index is 0.206. The first-order valence-electron chi connectivity index (χ1n) is 24.7. The number of anilines is 6. The lowest BCUT2D eigenvalue weighted by Crippen LogP contribution is -2.13. The van der Waals surface area contributed by atoms with Crippen LogP contribution in [0.25, 0.3) is 0 Å². The number of aromatic nitrogens is 3. The minimum atomic E-state index is 0.206. The molecular weight excluding hydrogens is 937 g/mol. The van der Waals surface area contributed by atoms with Gasteiger partial charge >= 0.3 is 0 Å². The maximum Gasteiger partial charge on any atom is 0.233 e. The molecule has 72 heavy (non-hydrogen) atoms. The number of ether oxygens (including phenoxy) is 15. The highest BCUT2D eigenvalue weighted by molar-refractivity contribution is 5.66. The second-order valence-electron chi connectivity index (χ2n) is 15.4. The number of hydrogen-bond donors (Lipinski definition) is 3. The molecule has 0 atom stereocenters. The number of hydrogen-bond acceptors (Lipinski definition) is 21. The molecule has 0 saturated carbocycles. The molecule has 4 aromatic rings. The van der Waals surface area contributed by atoms with Crippen LogP contribution in [0.4, 0.5) is 34.9 Å². The first-order chi connectivity index (χ1) is 35.5. The summed E-state index contributed by atoms with van der Waals surface area (Å²) in [7, 11) is 4.88. The molecule has 0 spiro atoms. The highest BCUT2D eigenvalue weighted by atomic mass is 16.6. The van der Waals surface area contributed by atoms with Crippen molar-refractivity contribution in [3.05, 3.63) is 54.6 Å². The van der Waals surface area contributed by atoms with Crippen molar-refractivity contribution in [2.75, 3.05) is 176 Å². The van der Waals surface area contributed by atoms with E-state index in [2.05, 4.69) is 36.7 Å². The molecule has 0 bridgehead atoms. The first-order valence-corrected chi connectivity index (χ1v) is 24.7. The molecule has 3 aromatic carbocycles. The third-order valence-electron chi connectivity index (χ3n) is 9.49. The molecule has 21 nitrogen and oxygen atoms in total. The SMILES string of the molecule is CCCOCCOc1ccc(Nc2nc(Nc3ccc(OCCOCCC)c(OCCOCCOC)c3)nc(Nc3ccc(OCCOCCOC)c(OCCOCCOC)c3)n2)cc1OCCOCCC. The summed E-state index contributed by atoms with van der Waals surface area (Å²) in [6.45, 7) is 15.1. The average molecular weight is 1020 g/mol. The van der Waals surface area contributed by atoms with Gasteiger partial charge in [0.05, 0.1) is 79.3 Å². The Morgan fingerprint density at radius 3 is 0.778 bits per heavy atom. The van der Waals surface area contributed by atoms with E-state index in [4.69, 9.17) is 86.0 Å². The van der Waals surface area contributed by atoms with Crippen molar-refractivity contribution >= 4 is 34.9 Å². The van der Waals surface area contributed by atoms with Crippen LogP contribution in [0.3, 0.4) is 0 Å². The summed E-state index contributed by atoms with van der Waals surface area (Å²) in [5.74, 6) is 3.72. The van der Waals surface area contributed by atoms with Crippen LogP contribution in [0.1, 0.15) is 40.0 Å². The highest BCUT2D eigenvalue weighted by Gasteiger charge is 2.16. The summed E-state index contributed by atoms with van der Waals surface area (Å²) in [5, 5.41) is 10.00. The highest BCUT2D eigenvalue weighted by Crippen LogP contribution is 2.35. The molecule has 0 saturated heterocycles. The van der Waals surface area contributed by atoms with Crippen LogP contribution in [0, 0.1) is 0 Å². The van der Waals surface area contributed by atoms with Gasteiger partial charge in [-0.25, -0.2) is 0 Å². The molecule has 0 aliphatic heterocycles. The molecule has 1 aromatic heterocycles. The van der Waals surface area contributed by atoms with E-state index in [0.29, 0.717) is 177 Å². The molecule has 3 N–H and O–H groups in total. The Kier molecular flexibility index (Phi) is 31.3. The van der Waals surface area contributed by atoms with Crippen LogP contribution in [-0.2, 0) is 42.6 Å². The van der Waals surface area contributed by atoms with Crippen LogP contribution in [0.2, 0.25) is 0 Å². The topological polar surface area (TPSA) is 213 Å². The zero-order valence-corrected chi connectivity index (χ0v) is 43.1. The number of nitrogens with zero attached hydrogens (tertiary/aromatic N) is 3. The lowest BCUT2D eigenvalue weighted by atomic mass is 10.2. The Hall–Kier alpha value is -5.49. The quantitative estimate of drug-likeness (QED) is 0.0363. The Bertz CT molecular complexity index is 2020. The third kappa shape index (κ3) is 24.8. The largest absolute Gasteiger partial charge is 0.487 e. The van der Waals surface area contributed by atoms with Crippen molar-refractivity contribution in [1.29, 1.82) is 0 Å². The van der Waals surface area contributed by atoms with Crippen molar-refractivity contribution < 1.29 is 71.1 Å². The summed E-state index contributed by atoms with van der Waals surface area (Å²) in [6.07, 6.45) is 2.75. The first kappa shape index (κ1) is 59.1. The molecule has 0 amide bonds. The van der Waals surface area contributed by atoms with Gasteiger partial charge in [-0.15, -0.1) is 0 Å². The summed E-state index contributed by atoms with van der Waals surface area (Å²) in [5.41, 5.74) is 1.85. The molecule has 0 unspecified atom stereocenters. The van der Waals surface area contributed by atoms with Gasteiger partial charge in [0.1, 0.15) is 39.6 Å². The van der Waals surface area contributed by atoms with Crippen molar-refractivity contribution in [3.8, 4) is 34.5 Å². The number of benzene rings is 3. The summed E-state index contributed by atoms with van der Waals surface area (Å²) < 4.78 is 85.9. The van der Waals surface area contributed by atoms with Gasteiger partial charge in [-0.05, 0) is 55.7 Å². The van der Waals surface area contributed by atoms with E-state index in [9.17, 15) is 0 Å². The van der Waals surface area contributed by atoms with Crippen molar-refractivity contribution in [3.63, 3.8) is 0 Å². The predicted molar refractivity (Wildman–Crippen MR) is 273 cm³/mol. The zero-order chi connectivity index (χ0) is 51.1. The summed E-state index contributed by atoms with van der Waals surface area (Å²) in [6, 6.07) is 16.4. The standard InChI is InChI=1S/C51H78N6O15/c1-7-16-61-25-31-67-43-13-10-40(37-46(43)70-34-27-63-18-9-3)52-49-55-50(53-41-11-14-44(68-32-26-62-17-8-2)47(38-41)71-35-29-65-23-20-59-5)57-51(56-49)54-42-12-15-45(69-33-28-64-22-19-58-4)48(39-42)72-36-30-66-24-21-60-6/h10-15,37-39H,7-9,16-36H2,1-6H3,(H3,52,53,54,55,56,57). The number of rotatable bonds is 45. The van der Waals surface area contributed by atoms with Crippen LogP contribution >= 0.6 is 0 Å². The van der Waals surface area contributed by atoms with E-state index in [1.165, 1.54) is 0 Å². The van der Waals surface area contributed by atoms with E-state index in [1.54, 1.807) is 33.5 Å². The molecule has 1 heterocycles. The molecule has 402 valence electrons. The van der Waals surface area contributed by atoms with Gasteiger partial charge in [0.2, 0.25) is 17.8 Å². The van der Waals surface area contributed by atoms with Gasteiger partial charge in [0, 0.05) is 76.4 Å². The van der Waals surface area contributed by atoms with Crippen LogP contribution in [0.5, 0.6) is 34.5 Å². The Labute approximate surface area is 425 Å². The van der Waals surface area contributed by atoms with Crippen molar-refractivity contribution in [2.24, 2.45) is 0 Å². The minimum Gasteiger partial charge on any atom is -0.487 e. The van der Waals surface area contributed by atoms with Crippen molar-refractivity contribution in [1.82, 2.24) is 15.0 Å². The third-order valence-corrected chi connectivity index (χ3v) is 9.49. The summed E-state index contributed by atoms with van der Waals surface area (Å²) >= 11 is 0. The smallest absolute Gasteiger partial charge is 0.233 e. The van der Waals surface area contributed by atoms with Gasteiger partial charge in [0.25, 0.3) is 0 Å². The monoisotopic (exact) mass is 1010 g/mol. The lowest BCUT2D eigenvalue weighted by molar-refractivity contribution is 0.0499. The van der Waals surface area contributed by atoms with Crippen LogP contribution in [-0.4, -0.2) is 175 Å².